The molecule has 1 fully saturated rings. The quantitative estimate of drug-likeness (QED) is 0.530. The SMILES string of the molecule is O=C(O)c1ccc2c(c1)C(=O)N(c1cccc(C(=O)Nc3cnccc3N3CCNCC3)n1)C2. The van der Waals surface area contributed by atoms with Crippen LogP contribution in [0, 0.1) is 0 Å². The number of aromatic carboxylic acids is 1. The lowest BCUT2D eigenvalue weighted by molar-refractivity contribution is 0.0696. The zero-order valence-electron chi connectivity index (χ0n) is 18.2. The molecule has 0 aliphatic carbocycles. The summed E-state index contributed by atoms with van der Waals surface area (Å²) in [5, 5.41) is 15.4. The van der Waals surface area contributed by atoms with Crippen LogP contribution in [0.3, 0.4) is 0 Å². The smallest absolute Gasteiger partial charge is 0.335 e. The van der Waals surface area contributed by atoms with Gasteiger partial charge in [0.25, 0.3) is 11.8 Å². The van der Waals surface area contributed by atoms with Gasteiger partial charge >= 0.3 is 5.97 Å². The van der Waals surface area contributed by atoms with E-state index in [1.54, 1.807) is 36.7 Å². The highest BCUT2D eigenvalue weighted by Crippen LogP contribution is 2.29. The number of nitrogens with one attached hydrogen (secondary N) is 2. The lowest BCUT2D eigenvalue weighted by Crippen LogP contribution is -2.43. The molecule has 3 aromatic rings. The predicted molar refractivity (Wildman–Crippen MR) is 125 cm³/mol. The van der Waals surface area contributed by atoms with Crippen molar-refractivity contribution in [2.75, 3.05) is 41.3 Å². The minimum atomic E-state index is -1.10. The zero-order chi connectivity index (χ0) is 23.7. The number of hydrogen-bond acceptors (Lipinski definition) is 7. The Hall–Kier alpha value is -4.31. The van der Waals surface area contributed by atoms with Gasteiger partial charge in [-0.25, -0.2) is 9.78 Å². The van der Waals surface area contributed by atoms with E-state index in [1.807, 2.05) is 6.07 Å². The van der Waals surface area contributed by atoms with Crippen LogP contribution in [-0.4, -0.2) is 59.0 Å². The number of piperazine rings is 1. The number of aromatic nitrogens is 2. The van der Waals surface area contributed by atoms with Gasteiger partial charge in [0.1, 0.15) is 11.5 Å². The fraction of sp³-hybridized carbons (Fsp3) is 0.208. The third-order valence-electron chi connectivity index (χ3n) is 5.91. The van der Waals surface area contributed by atoms with Crippen LogP contribution in [0.5, 0.6) is 0 Å². The van der Waals surface area contributed by atoms with E-state index in [1.165, 1.54) is 17.0 Å². The Kier molecular flexibility index (Phi) is 5.64. The summed E-state index contributed by atoms with van der Waals surface area (Å²) in [6, 6.07) is 11.2. The minimum absolute atomic E-state index is 0.0480. The molecule has 2 aliphatic heterocycles. The van der Waals surface area contributed by atoms with Crippen LogP contribution in [-0.2, 0) is 6.54 Å². The molecule has 0 spiro atoms. The van der Waals surface area contributed by atoms with Crippen molar-refractivity contribution in [1.29, 1.82) is 0 Å². The van der Waals surface area contributed by atoms with Crippen molar-refractivity contribution in [3.8, 4) is 0 Å². The maximum atomic E-state index is 13.0. The Labute approximate surface area is 195 Å². The normalized spacial score (nSPS) is 15.2. The number of carboxylic acids is 1. The highest BCUT2D eigenvalue weighted by molar-refractivity contribution is 6.11. The van der Waals surface area contributed by atoms with Crippen molar-refractivity contribution in [1.82, 2.24) is 15.3 Å². The zero-order valence-corrected chi connectivity index (χ0v) is 18.2. The van der Waals surface area contributed by atoms with Crippen LogP contribution in [0.2, 0.25) is 0 Å². The van der Waals surface area contributed by atoms with Crippen LogP contribution >= 0.6 is 0 Å². The second-order valence-electron chi connectivity index (χ2n) is 8.03. The van der Waals surface area contributed by atoms with E-state index in [9.17, 15) is 19.5 Å². The number of amides is 2. The van der Waals surface area contributed by atoms with E-state index in [0.717, 1.165) is 31.9 Å². The van der Waals surface area contributed by atoms with Gasteiger partial charge in [0, 0.05) is 37.9 Å². The van der Waals surface area contributed by atoms with Gasteiger partial charge in [0.05, 0.1) is 29.7 Å². The van der Waals surface area contributed by atoms with E-state index < -0.39 is 11.9 Å². The number of benzene rings is 1. The fourth-order valence-corrected chi connectivity index (χ4v) is 4.17. The molecule has 2 amide bonds. The van der Waals surface area contributed by atoms with Gasteiger partial charge in [-0.1, -0.05) is 12.1 Å². The number of carbonyl (C=O) groups excluding carboxylic acids is 2. The number of anilines is 3. The summed E-state index contributed by atoms with van der Waals surface area (Å²) >= 11 is 0. The summed E-state index contributed by atoms with van der Waals surface area (Å²) in [6.45, 7) is 3.62. The average Bonchev–Trinajstić information content (AvgIpc) is 3.20. The predicted octanol–water partition coefficient (Wildman–Crippen LogP) is 2.00. The molecule has 0 bridgehead atoms. The summed E-state index contributed by atoms with van der Waals surface area (Å²) in [5.74, 6) is -1.54. The van der Waals surface area contributed by atoms with Crippen molar-refractivity contribution in [2.45, 2.75) is 6.54 Å². The van der Waals surface area contributed by atoms with Crippen molar-refractivity contribution in [2.24, 2.45) is 0 Å². The molecule has 0 unspecified atom stereocenters. The van der Waals surface area contributed by atoms with E-state index in [2.05, 4.69) is 25.5 Å². The molecule has 2 aromatic heterocycles. The summed E-state index contributed by atoms with van der Waals surface area (Å²) in [6.07, 6.45) is 3.30. The second-order valence-corrected chi connectivity index (χ2v) is 8.03. The molecular weight excluding hydrogens is 436 g/mol. The maximum absolute atomic E-state index is 13.0. The molecule has 4 heterocycles. The molecule has 10 nitrogen and oxygen atoms in total. The highest BCUT2D eigenvalue weighted by atomic mass is 16.4. The Balaban J connectivity index is 1.37. The van der Waals surface area contributed by atoms with Crippen molar-refractivity contribution in [3.05, 3.63) is 77.2 Å². The Morgan fingerprint density at radius 2 is 1.91 bits per heavy atom. The van der Waals surface area contributed by atoms with Crippen molar-refractivity contribution >= 4 is 35.0 Å². The molecular formula is C24H22N6O4. The van der Waals surface area contributed by atoms with Crippen LogP contribution in [0.4, 0.5) is 17.2 Å². The Bertz CT molecular complexity index is 1290. The van der Waals surface area contributed by atoms with Gasteiger partial charge in [-0.05, 0) is 35.9 Å². The largest absolute Gasteiger partial charge is 0.478 e. The molecule has 2 aliphatic rings. The average molecular weight is 458 g/mol. The third-order valence-corrected chi connectivity index (χ3v) is 5.91. The summed E-state index contributed by atoms with van der Waals surface area (Å²) in [7, 11) is 0. The van der Waals surface area contributed by atoms with E-state index >= 15 is 0 Å². The Morgan fingerprint density at radius 1 is 1.09 bits per heavy atom. The number of hydrogen-bond donors (Lipinski definition) is 3. The number of fused-ring (bicyclic) bond motifs is 1. The lowest BCUT2D eigenvalue weighted by Gasteiger charge is -2.30. The number of nitrogens with zero attached hydrogens (tertiary/aromatic N) is 4. The molecule has 0 radical (unpaired) electrons. The molecule has 5 rings (SSSR count). The fourth-order valence-electron chi connectivity index (χ4n) is 4.17. The van der Waals surface area contributed by atoms with Crippen LogP contribution in [0.1, 0.15) is 36.8 Å². The van der Waals surface area contributed by atoms with Gasteiger partial charge in [0.2, 0.25) is 0 Å². The standard InChI is InChI=1S/C24H22N6O4/c31-22(28-19-13-26-7-6-20(19)29-10-8-25-9-11-29)18-2-1-3-21(27-18)30-14-16-5-4-15(24(33)34)12-17(16)23(30)32/h1-7,12-13,25H,8-11,14H2,(H,28,31)(H,33,34). The minimum Gasteiger partial charge on any atom is -0.478 e. The monoisotopic (exact) mass is 458 g/mol. The molecule has 10 heteroatoms. The molecule has 34 heavy (non-hydrogen) atoms. The molecule has 1 saturated heterocycles. The van der Waals surface area contributed by atoms with E-state index in [0.29, 0.717) is 22.6 Å². The first-order valence-electron chi connectivity index (χ1n) is 10.9. The van der Waals surface area contributed by atoms with E-state index in [4.69, 9.17) is 0 Å². The highest BCUT2D eigenvalue weighted by Gasteiger charge is 2.30. The maximum Gasteiger partial charge on any atom is 0.335 e. The van der Waals surface area contributed by atoms with Crippen molar-refractivity contribution < 1.29 is 19.5 Å². The van der Waals surface area contributed by atoms with Gasteiger partial charge in [-0.15, -0.1) is 0 Å². The lowest BCUT2D eigenvalue weighted by atomic mass is 10.1. The third kappa shape index (κ3) is 4.06. The second kappa shape index (κ2) is 8.91. The number of pyridine rings is 2. The Morgan fingerprint density at radius 3 is 2.71 bits per heavy atom. The first-order chi connectivity index (χ1) is 16.5. The van der Waals surface area contributed by atoms with Gasteiger partial charge < -0.3 is 20.6 Å². The summed E-state index contributed by atoms with van der Waals surface area (Å²) < 4.78 is 0. The van der Waals surface area contributed by atoms with Crippen LogP contribution in [0.15, 0.2) is 54.9 Å². The summed E-state index contributed by atoms with van der Waals surface area (Å²) in [5.41, 5.74) is 2.72. The summed E-state index contributed by atoms with van der Waals surface area (Å²) in [4.78, 5) is 49.4. The van der Waals surface area contributed by atoms with Crippen LogP contribution < -0.4 is 20.4 Å². The first kappa shape index (κ1) is 21.5. The number of carbonyl (C=O) groups is 3. The molecule has 0 atom stereocenters. The number of rotatable bonds is 5. The molecule has 3 N–H and O–H groups in total. The van der Waals surface area contributed by atoms with Gasteiger partial charge in [-0.3, -0.25) is 19.5 Å². The molecule has 0 saturated carbocycles. The molecule has 172 valence electrons. The first-order valence-corrected chi connectivity index (χ1v) is 10.9. The van der Waals surface area contributed by atoms with E-state index in [-0.39, 0.29) is 23.7 Å². The molecule has 1 aromatic carbocycles. The number of carboxylic acid groups (broad SMARTS) is 1. The topological polar surface area (TPSA) is 128 Å². The van der Waals surface area contributed by atoms with Crippen LogP contribution in [0.25, 0.3) is 0 Å². The van der Waals surface area contributed by atoms with Gasteiger partial charge in [-0.2, -0.15) is 0 Å². The van der Waals surface area contributed by atoms with Crippen molar-refractivity contribution in [3.63, 3.8) is 0 Å². The van der Waals surface area contributed by atoms with Gasteiger partial charge in [0.15, 0.2) is 0 Å².